The summed E-state index contributed by atoms with van der Waals surface area (Å²) in [6.07, 6.45) is 4.30. The van der Waals surface area contributed by atoms with E-state index in [-0.39, 0.29) is 0 Å². The second-order valence-electron chi connectivity index (χ2n) is 3.35. The molecule has 0 aliphatic heterocycles. The van der Waals surface area contributed by atoms with Crippen molar-refractivity contribution in [1.82, 2.24) is 10.3 Å². The number of halogens is 1. The van der Waals surface area contributed by atoms with Crippen molar-refractivity contribution in [2.45, 2.75) is 25.4 Å². The summed E-state index contributed by atoms with van der Waals surface area (Å²) >= 11 is 3.37. The zero-order chi connectivity index (χ0) is 9.26. The number of nitrogens with zero attached hydrogens (tertiary/aromatic N) is 1. The van der Waals surface area contributed by atoms with E-state index in [9.17, 15) is 0 Å². The summed E-state index contributed by atoms with van der Waals surface area (Å²) < 4.78 is 0.981. The number of hydrogen-bond acceptors (Lipinski definition) is 3. The molecular weight excluding hydrogens is 230 g/mol. The highest BCUT2D eigenvalue weighted by Gasteiger charge is 2.20. The second-order valence-corrected chi connectivity index (χ2v) is 4.27. The molecule has 4 heteroatoms. The minimum atomic E-state index is 0.622. The fraction of sp³-hybridized carbons (Fsp3) is 0.444. The van der Waals surface area contributed by atoms with Crippen LogP contribution in [0.25, 0.3) is 0 Å². The molecule has 1 aromatic heterocycles. The van der Waals surface area contributed by atoms with E-state index in [2.05, 4.69) is 26.2 Å². The Morgan fingerprint density at radius 3 is 3.08 bits per heavy atom. The molecule has 1 aliphatic carbocycles. The Morgan fingerprint density at radius 1 is 1.62 bits per heavy atom. The van der Waals surface area contributed by atoms with Gasteiger partial charge in [0, 0.05) is 28.8 Å². The van der Waals surface area contributed by atoms with Gasteiger partial charge in [0.2, 0.25) is 0 Å². The Kier molecular flexibility index (Phi) is 2.51. The Hall–Kier alpha value is -0.610. The molecule has 0 bridgehead atoms. The SMILES string of the molecule is Nc1ncc(Br)cc1CNC1CC1. The third-order valence-electron chi connectivity index (χ3n) is 2.13. The lowest BCUT2D eigenvalue weighted by Gasteiger charge is -2.05. The van der Waals surface area contributed by atoms with E-state index in [1.165, 1.54) is 12.8 Å². The van der Waals surface area contributed by atoms with Crippen molar-refractivity contribution in [3.8, 4) is 0 Å². The largest absolute Gasteiger partial charge is 0.383 e. The molecule has 70 valence electrons. The van der Waals surface area contributed by atoms with Crippen LogP contribution in [-0.2, 0) is 6.54 Å². The normalized spacial score (nSPS) is 16.1. The molecule has 3 nitrogen and oxygen atoms in total. The first-order valence-corrected chi connectivity index (χ1v) is 5.18. The topological polar surface area (TPSA) is 50.9 Å². The summed E-state index contributed by atoms with van der Waals surface area (Å²) in [6.45, 7) is 0.822. The number of anilines is 1. The molecule has 2 rings (SSSR count). The van der Waals surface area contributed by atoms with Crippen LogP contribution in [0, 0.1) is 0 Å². The van der Waals surface area contributed by atoms with Gasteiger partial charge in [0.25, 0.3) is 0 Å². The zero-order valence-electron chi connectivity index (χ0n) is 7.26. The summed E-state index contributed by atoms with van der Waals surface area (Å²) in [4.78, 5) is 4.07. The lowest BCUT2D eigenvalue weighted by Crippen LogP contribution is -2.16. The van der Waals surface area contributed by atoms with Crippen molar-refractivity contribution in [1.29, 1.82) is 0 Å². The molecule has 1 heterocycles. The van der Waals surface area contributed by atoms with Crippen LogP contribution in [0.3, 0.4) is 0 Å². The van der Waals surface area contributed by atoms with Gasteiger partial charge in [-0.2, -0.15) is 0 Å². The van der Waals surface area contributed by atoms with Gasteiger partial charge in [-0.25, -0.2) is 4.98 Å². The van der Waals surface area contributed by atoms with Gasteiger partial charge < -0.3 is 11.1 Å². The highest BCUT2D eigenvalue weighted by Crippen LogP contribution is 2.21. The highest BCUT2D eigenvalue weighted by molar-refractivity contribution is 9.10. The van der Waals surface area contributed by atoms with Crippen molar-refractivity contribution in [3.05, 3.63) is 22.3 Å². The van der Waals surface area contributed by atoms with Gasteiger partial charge in [-0.3, -0.25) is 0 Å². The minimum Gasteiger partial charge on any atom is -0.383 e. The van der Waals surface area contributed by atoms with Gasteiger partial charge in [-0.15, -0.1) is 0 Å². The quantitative estimate of drug-likeness (QED) is 0.847. The molecular formula is C9H12BrN3. The van der Waals surface area contributed by atoms with Crippen molar-refractivity contribution in [2.75, 3.05) is 5.73 Å². The first-order chi connectivity index (χ1) is 6.25. The van der Waals surface area contributed by atoms with Crippen LogP contribution in [0.4, 0.5) is 5.82 Å². The molecule has 0 radical (unpaired) electrons. The van der Waals surface area contributed by atoms with E-state index >= 15 is 0 Å². The number of nitrogen functional groups attached to an aromatic ring is 1. The molecule has 0 aromatic carbocycles. The maximum absolute atomic E-state index is 5.72. The van der Waals surface area contributed by atoms with Gasteiger partial charge in [0.15, 0.2) is 0 Å². The van der Waals surface area contributed by atoms with Crippen LogP contribution < -0.4 is 11.1 Å². The smallest absolute Gasteiger partial charge is 0.127 e. The Labute approximate surface area is 85.9 Å². The zero-order valence-corrected chi connectivity index (χ0v) is 8.84. The van der Waals surface area contributed by atoms with E-state index in [0.717, 1.165) is 16.6 Å². The lowest BCUT2D eigenvalue weighted by molar-refractivity contribution is 0.687. The first kappa shape index (κ1) is 8.97. The molecule has 0 spiro atoms. The van der Waals surface area contributed by atoms with Gasteiger partial charge >= 0.3 is 0 Å². The number of hydrogen-bond donors (Lipinski definition) is 2. The number of aromatic nitrogens is 1. The molecule has 13 heavy (non-hydrogen) atoms. The molecule has 0 saturated heterocycles. The maximum Gasteiger partial charge on any atom is 0.127 e. The number of nitrogens with two attached hydrogens (primary N) is 1. The summed E-state index contributed by atoms with van der Waals surface area (Å²) in [5.74, 6) is 0.622. The molecule has 0 amide bonds. The summed E-state index contributed by atoms with van der Waals surface area (Å²) in [6, 6.07) is 2.72. The Morgan fingerprint density at radius 2 is 2.38 bits per heavy atom. The number of pyridine rings is 1. The average molecular weight is 242 g/mol. The molecule has 1 fully saturated rings. The summed E-state index contributed by atoms with van der Waals surface area (Å²) in [5, 5.41) is 3.40. The highest BCUT2D eigenvalue weighted by atomic mass is 79.9. The van der Waals surface area contributed by atoms with Gasteiger partial charge in [0.05, 0.1) is 0 Å². The Balaban J connectivity index is 2.03. The van der Waals surface area contributed by atoms with Crippen molar-refractivity contribution >= 4 is 21.7 Å². The van der Waals surface area contributed by atoms with E-state index in [4.69, 9.17) is 5.73 Å². The molecule has 0 atom stereocenters. The van der Waals surface area contributed by atoms with Crippen LogP contribution in [0.2, 0.25) is 0 Å². The first-order valence-electron chi connectivity index (χ1n) is 4.39. The van der Waals surface area contributed by atoms with Gasteiger partial charge in [-0.05, 0) is 34.8 Å². The fourth-order valence-corrected chi connectivity index (χ4v) is 1.55. The molecule has 1 saturated carbocycles. The van der Waals surface area contributed by atoms with E-state index in [1.54, 1.807) is 6.20 Å². The summed E-state index contributed by atoms with van der Waals surface area (Å²) in [7, 11) is 0. The number of nitrogens with one attached hydrogen (secondary N) is 1. The standard InChI is InChI=1S/C9H12BrN3/c10-7-3-6(9(11)13-5-7)4-12-8-1-2-8/h3,5,8,12H,1-2,4H2,(H2,11,13). The van der Waals surface area contributed by atoms with Crippen LogP contribution in [-0.4, -0.2) is 11.0 Å². The second kappa shape index (κ2) is 3.64. The maximum atomic E-state index is 5.72. The van der Waals surface area contributed by atoms with Gasteiger partial charge in [-0.1, -0.05) is 0 Å². The van der Waals surface area contributed by atoms with E-state index in [0.29, 0.717) is 11.9 Å². The fourth-order valence-electron chi connectivity index (χ4n) is 1.18. The van der Waals surface area contributed by atoms with Gasteiger partial charge in [0.1, 0.15) is 5.82 Å². The lowest BCUT2D eigenvalue weighted by atomic mass is 10.2. The average Bonchev–Trinajstić information content (AvgIpc) is 2.90. The predicted molar refractivity (Wildman–Crippen MR) is 56.2 cm³/mol. The van der Waals surface area contributed by atoms with Crippen LogP contribution in [0.15, 0.2) is 16.7 Å². The van der Waals surface area contributed by atoms with Crippen molar-refractivity contribution in [3.63, 3.8) is 0 Å². The molecule has 1 aromatic rings. The third-order valence-corrected chi connectivity index (χ3v) is 2.56. The van der Waals surface area contributed by atoms with Crippen molar-refractivity contribution < 1.29 is 0 Å². The van der Waals surface area contributed by atoms with Crippen LogP contribution >= 0.6 is 15.9 Å². The minimum absolute atomic E-state index is 0.622. The summed E-state index contributed by atoms with van der Waals surface area (Å²) in [5.41, 5.74) is 6.79. The van der Waals surface area contributed by atoms with Crippen LogP contribution in [0.1, 0.15) is 18.4 Å². The van der Waals surface area contributed by atoms with E-state index in [1.807, 2.05) is 6.07 Å². The molecule has 1 aliphatic rings. The van der Waals surface area contributed by atoms with E-state index < -0.39 is 0 Å². The Bertz CT molecular complexity index is 310. The predicted octanol–water partition coefficient (Wildman–Crippen LogP) is 1.68. The third kappa shape index (κ3) is 2.42. The molecule has 0 unspecified atom stereocenters. The van der Waals surface area contributed by atoms with Crippen LogP contribution in [0.5, 0.6) is 0 Å². The number of rotatable bonds is 3. The monoisotopic (exact) mass is 241 g/mol. The molecule has 3 N–H and O–H groups in total. The van der Waals surface area contributed by atoms with Crippen molar-refractivity contribution in [2.24, 2.45) is 0 Å².